The van der Waals surface area contributed by atoms with Gasteiger partial charge >= 0.3 is 0 Å². The van der Waals surface area contributed by atoms with E-state index >= 15 is 0 Å². The van der Waals surface area contributed by atoms with E-state index in [1.165, 1.54) is 0 Å². The van der Waals surface area contributed by atoms with E-state index in [1.807, 2.05) is 30.5 Å². The number of methoxy groups -OCH3 is 1. The molecule has 132 valence electrons. The molecule has 4 rings (SSSR count). The Morgan fingerprint density at radius 2 is 2.00 bits per heavy atom. The summed E-state index contributed by atoms with van der Waals surface area (Å²) in [5.41, 5.74) is 1.38. The SMILES string of the molecule is COc1ccc(C(=O)N2CCOC(c3cc4ccccc4cn3)C2)cn1. The molecule has 1 aliphatic rings. The van der Waals surface area contributed by atoms with Gasteiger partial charge in [-0.05, 0) is 17.5 Å². The fraction of sp³-hybridized carbons (Fsp3) is 0.250. The van der Waals surface area contributed by atoms with E-state index in [-0.39, 0.29) is 12.0 Å². The van der Waals surface area contributed by atoms with Crippen molar-refractivity contribution in [2.45, 2.75) is 6.10 Å². The molecule has 1 unspecified atom stereocenters. The third kappa shape index (κ3) is 3.23. The van der Waals surface area contributed by atoms with Crippen LogP contribution in [-0.2, 0) is 4.74 Å². The van der Waals surface area contributed by atoms with Crippen LogP contribution in [0.3, 0.4) is 0 Å². The first-order chi connectivity index (χ1) is 12.7. The minimum Gasteiger partial charge on any atom is -0.481 e. The molecular weight excluding hydrogens is 330 g/mol. The first-order valence-corrected chi connectivity index (χ1v) is 8.50. The number of ether oxygens (including phenoxy) is 2. The van der Waals surface area contributed by atoms with Crippen LogP contribution in [0.15, 0.2) is 54.9 Å². The van der Waals surface area contributed by atoms with E-state index in [4.69, 9.17) is 9.47 Å². The van der Waals surface area contributed by atoms with Gasteiger partial charge in [0, 0.05) is 30.4 Å². The highest BCUT2D eigenvalue weighted by Gasteiger charge is 2.27. The van der Waals surface area contributed by atoms with E-state index in [9.17, 15) is 4.79 Å². The number of amides is 1. The summed E-state index contributed by atoms with van der Waals surface area (Å²) in [4.78, 5) is 23.2. The maximum atomic E-state index is 12.8. The van der Waals surface area contributed by atoms with Gasteiger partial charge in [0.1, 0.15) is 6.10 Å². The van der Waals surface area contributed by atoms with Crippen molar-refractivity contribution >= 4 is 16.7 Å². The van der Waals surface area contributed by atoms with Crippen LogP contribution >= 0.6 is 0 Å². The predicted octanol–water partition coefficient (Wildman–Crippen LogP) is 2.85. The first kappa shape index (κ1) is 16.5. The number of nitrogens with zero attached hydrogens (tertiary/aromatic N) is 3. The Morgan fingerprint density at radius 1 is 1.15 bits per heavy atom. The molecular formula is C20H19N3O3. The molecule has 1 fully saturated rings. The molecule has 1 saturated heterocycles. The third-order valence-electron chi connectivity index (χ3n) is 4.53. The van der Waals surface area contributed by atoms with Gasteiger partial charge in [-0.3, -0.25) is 9.78 Å². The average molecular weight is 349 g/mol. The summed E-state index contributed by atoms with van der Waals surface area (Å²) in [7, 11) is 1.55. The van der Waals surface area contributed by atoms with E-state index in [2.05, 4.69) is 16.0 Å². The minimum atomic E-state index is -0.233. The number of carbonyl (C=O) groups is 1. The summed E-state index contributed by atoms with van der Waals surface area (Å²) in [6.45, 7) is 1.50. The molecule has 1 aromatic carbocycles. The molecule has 0 bridgehead atoms. The van der Waals surface area contributed by atoms with Crippen LogP contribution in [0.2, 0.25) is 0 Å². The van der Waals surface area contributed by atoms with E-state index in [0.717, 1.165) is 16.5 Å². The number of pyridine rings is 2. The summed E-state index contributed by atoms with van der Waals surface area (Å²) >= 11 is 0. The smallest absolute Gasteiger partial charge is 0.255 e. The summed E-state index contributed by atoms with van der Waals surface area (Å²) < 4.78 is 10.9. The Morgan fingerprint density at radius 3 is 2.77 bits per heavy atom. The van der Waals surface area contributed by atoms with Gasteiger partial charge in [0.05, 0.1) is 31.5 Å². The fourth-order valence-electron chi connectivity index (χ4n) is 3.10. The number of morpholine rings is 1. The summed E-state index contributed by atoms with van der Waals surface area (Å²) in [6, 6.07) is 13.5. The summed E-state index contributed by atoms with van der Waals surface area (Å²) in [6.07, 6.45) is 3.16. The molecule has 0 radical (unpaired) electrons. The second kappa shape index (κ2) is 7.09. The zero-order valence-electron chi connectivity index (χ0n) is 14.5. The predicted molar refractivity (Wildman–Crippen MR) is 97.1 cm³/mol. The zero-order valence-corrected chi connectivity index (χ0v) is 14.5. The van der Waals surface area contributed by atoms with Crippen LogP contribution in [0.4, 0.5) is 0 Å². The second-order valence-electron chi connectivity index (χ2n) is 6.16. The molecule has 3 heterocycles. The lowest BCUT2D eigenvalue weighted by Crippen LogP contribution is -2.42. The summed E-state index contributed by atoms with van der Waals surface area (Å²) in [5.74, 6) is 0.427. The highest BCUT2D eigenvalue weighted by atomic mass is 16.5. The van der Waals surface area contributed by atoms with Gasteiger partial charge in [-0.15, -0.1) is 0 Å². The number of benzene rings is 1. The number of hydrogen-bond donors (Lipinski definition) is 0. The highest BCUT2D eigenvalue weighted by molar-refractivity contribution is 5.94. The van der Waals surface area contributed by atoms with Gasteiger partial charge < -0.3 is 14.4 Å². The van der Waals surface area contributed by atoms with Crippen molar-refractivity contribution in [2.75, 3.05) is 26.8 Å². The second-order valence-corrected chi connectivity index (χ2v) is 6.16. The largest absolute Gasteiger partial charge is 0.481 e. The van der Waals surface area contributed by atoms with E-state index < -0.39 is 0 Å². The van der Waals surface area contributed by atoms with Crippen LogP contribution in [0.5, 0.6) is 5.88 Å². The van der Waals surface area contributed by atoms with Crippen LogP contribution < -0.4 is 4.74 Å². The van der Waals surface area contributed by atoms with Gasteiger partial charge in [-0.1, -0.05) is 24.3 Å². The van der Waals surface area contributed by atoms with Crippen molar-refractivity contribution in [1.29, 1.82) is 0 Å². The van der Waals surface area contributed by atoms with Gasteiger partial charge in [0.2, 0.25) is 5.88 Å². The molecule has 26 heavy (non-hydrogen) atoms. The molecule has 3 aromatic rings. The topological polar surface area (TPSA) is 64.5 Å². The lowest BCUT2D eigenvalue weighted by Gasteiger charge is -2.32. The van der Waals surface area contributed by atoms with Crippen molar-refractivity contribution in [3.63, 3.8) is 0 Å². The van der Waals surface area contributed by atoms with Crippen molar-refractivity contribution in [3.05, 3.63) is 66.1 Å². The van der Waals surface area contributed by atoms with Crippen LogP contribution in [0, 0.1) is 0 Å². The van der Waals surface area contributed by atoms with Crippen LogP contribution in [0.1, 0.15) is 22.2 Å². The molecule has 6 heteroatoms. The lowest BCUT2D eigenvalue weighted by atomic mass is 10.1. The number of aromatic nitrogens is 2. The Labute approximate surface area is 151 Å². The van der Waals surface area contributed by atoms with Gasteiger partial charge in [-0.2, -0.15) is 0 Å². The maximum Gasteiger partial charge on any atom is 0.255 e. The number of hydrogen-bond acceptors (Lipinski definition) is 5. The van der Waals surface area contributed by atoms with Gasteiger partial charge in [0.25, 0.3) is 5.91 Å². The highest BCUT2D eigenvalue weighted by Crippen LogP contribution is 2.24. The molecule has 1 amide bonds. The Balaban J connectivity index is 1.53. The Bertz CT molecular complexity index is 927. The molecule has 0 saturated carbocycles. The monoisotopic (exact) mass is 349 g/mol. The molecule has 0 N–H and O–H groups in total. The third-order valence-corrected chi connectivity index (χ3v) is 4.53. The van der Waals surface area contributed by atoms with E-state index in [0.29, 0.717) is 31.1 Å². The standard InChI is InChI=1S/C20H19N3O3/c1-25-19-7-6-16(12-22-19)20(24)23-8-9-26-18(13-23)17-10-14-4-2-3-5-15(14)11-21-17/h2-7,10-12,18H,8-9,13H2,1H3. The minimum absolute atomic E-state index is 0.0609. The van der Waals surface area contributed by atoms with Crippen molar-refractivity contribution in [3.8, 4) is 5.88 Å². The maximum absolute atomic E-state index is 12.8. The molecule has 2 aromatic heterocycles. The van der Waals surface area contributed by atoms with Crippen molar-refractivity contribution in [1.82, 2.24) is 14.9 Å². The number of fused-ring (bicyclic) bond motifs is 1. The molecule has 0 aliphatic carbocycles. The summed E-state index contributed by atoms with van der Waals surface area (Å²) in [5, 5.41) is 2.20. The van der Waals surface area contributed by atoms with Crippen molar-refractivity contribution in [2.24, 2.45) is 0 Å². The number of carbonyl (C=O) groups excluding carboxylic acids is 1. The molecule has 6 nitrogen and oxygen atoms in total. The molecule has 1 atom stereocenters. The molecule has 1 aliphatic heterocycles. The lowest BCUT2D eigenvalue weighted by molar-refractivity contribution is -0.0246. The molecule has 0 spiro atoms. The van der Waals surface area contributed by atoms with E-state index in [1.54, 1.807) is 30.3 Å². The van der Waals surface area contributed by atoms with Crippen molar-refractivity contribution < 1.29 is 14.3 Å². The fourth-order valence-corrected chi connectivity index (χ4v) is 3.10. The average Bonchev–Trinajstić information content (AvgIpc) is 2.73. The first-order valence-electron chi connectivity index (χ1n) is 8.50. The van der Waals surface area contributed by atoms with Crippen LogP contribution in [0.25, 0.3) is 10.8 Å². The van der Waals surface area contributed by atoms with Gasteiger partial charge in [-0.25, -0.2) is 4.98 Å². The normalized spacial score (nSPS) is 17.3. The van der Waals surface area contributed by atoms with Gasteiger partial charge in [0.15, 0.2) is 0 Å². The Hall–Kier alpha value is -2.99. The van der Waals surface area contributed by atoms with Crippen LogP contribution in [-0.4, -0.2) is 47.6 Å². The Kier molecular flexibility index (Phi) is 4.50. The quantitative estimate of drug-likeness (QED) is 0.727. The number of rotatable bonds is 3. The zero-order chi connectivity index (χ0) is 17.9.